The Balaban J connectivity index is 1.90. The van der Waals surface area contributed by atoms with Crippen molar-refractivity contribution in [2.75, 3.05) is 12.9 Å². The molecule has 0 amide bonds. The van der Waals surface area contributed by atoms with Gasteiger partial charge in [0.25, 0.3) is 0 Å². The van der Waals surface area contributed by atoms with Gasteiger partial charge >= 0.3 is 5.97 Å². The number of halogens is 1. The summed E-state index contributed by atoms with van der Waals surface area (Å²) in [5, 5.41) is 0.111. The van der Waals surface area contributed by atoms with Crippen LogP contribution in [0.4, 0.5) is 0 Å². The molecular weight excluding hydrogens is 376 g/mol. The topological polar surface area (TPSA) is 43.4 Å². The maximum atomic E-state index is 12.4. The number of ether oxygens (including phenoxy) is 1. The molecule has 2 atom stereocenters. The van der Waals surface area contributed by atoms with E-state index in [4.69, 9.17) is 4.74 Å². The first-order valence-corrected chi connectivity index (χ1v) is 9.02. The van der Waals surface area contributed by atoms with E-state index < -0.39 is 0 Å². The highest BCUT2D eigenvalue weighted by molar-refractivity contribution is 9.10. The number of rotatable bonds is 3. The van der Waals surface area contributed by atoms with Crippen LogP contribution in [0.1, 0.15) is 32.7 Å². The van der Waals surface area contributed by atoms with Crippen LogP contribution in [0.2, 0.25) is 0 Å². The van der Waals surface area contributed by atoms with E-state index in [0.29, 0.717) is 11.3 Å². The monoisotopic (exact) mass is 390 g/mol. The van der Waals surface area contributed by atoms with Gasteiger partial charge in [-0.1, -0.05) is 40.2 Å². The number of benzene rings is 2. The predicted molar refractivity (Wildman–Crippen MR) is 94.9 cm³/mol. The molecule has 1 aliphatic heterocycles. The highest BCUT2D eigenvalue weighted by Crippen LogP contribution is 2.48. The third kappa shape index (κ3) is 3.35. The first-order valence-electron chi connectivity index (χ1n) is 7.18. The number of hydrogen-bond acceptors (Lipinski definition) is 4. The lowest BCUT2D eigenvalue weighted by atomic mass is 9.88. The molecule has 0 bridgehead atoms. The van der Waals surface area contributed by atoms with Gasteiger partial charge in [-0.05, 0) is 35.4 Å². The normalized spacial score (nSPS) is 20.5. The van der Waals surface area contributed by atoms with E-state index in [1.54, 1.807) is 23.9 Å². The second kappa shape index (κ2) is 6.89. The number of hydrogen-bond donors (Lipinski definition) is 0. The Morgan fingerprint density at radius 3 is 2.30 bits per heavy atom. The zero-order valence-electron chi connectivity index (χ0n) is 12.5. The third-order valence-electron chi connectivity index (χ3n) is 3.94. The van der Waals surface area contributed by atoms with Gasteiger partial charge in [-0.2, -0.15) is 0 Å². The fourth-order valence-corrected chi connectivity index (χ4v) is 4.41. The smallest absolute Gasteiger partial charge is 0.337 e. The molecule has 118 valence electrons. The van der Waals surface area contributed by atoms with Gasteiger partial charge in [0.05, 0.1) is 24.3 Å². The van der Waals surface area contributed by atoms with Gasteiger partial charge in [0.2, 0.25) is 0 Å². The summed E-state index contributed by atoms with van der Waals surface area (Å²) in [6.07, 6.45) is 0. The van der Waals surface area contributed by atoms with E-state index in [2.05, 4.69) is 28.1 Å². The lowest BCUT2D eigenvalue weighted by Crippen LogP contribution is -2.12. The minimum atomic E-state index is -0.367. The summed E-state index contributed by atoms with van der Waals surface area (Å²) in [6.45, 7) is 0. The van der Waals surface area contributed by atoms with Crippen LogP contribution in [0.25, 0.3) is 0 Å². The summed E-state index contributed by atoms with van der Waals surface area (Å²) in [5.74, 6) is 0.208. The number of carbonyl (C=O) groups is 2. The van der Waals surface area contributed by atoms with Crippen LogP contribution in [-0.4, -0.2) is 24.6 Å². The standard InChI is InChI=1S/C18H15BrO3S/c1-22-18(21)13-4-2-11(3-5-13)16-15(20)10-23-17(16)12-6-8-14(19)9-7-12/h2-9,16-17H,10H2,1H3. The summed E-state index contributed by atoms with van der Waals surface area (Å²) in [6, 6.07) is 15.2. The Morgan fingerprint density at radius 2 is 1.70 bits per heavy atom. The van der Waals surface area contributed by atoms with Crippen LogP contribution >= 0.6 is 27.7 Å². The molecule has 1 saturated heterocycles. The maximum Gasteiger partial charge on any atom is 0.337 e. The van der Waals surface area contributed by atoms with Crippen LogP contribution in [-0.2, 0) is 9.53 Å². The quantitative estimate of drug-likeness (QED) is 0.729. The van der Waals surface area contributed by atoms with Crippen LogP contribution in [0.5, 0.6) is 0 Å². The van der Waals surface area contributed by atoms with E-state index in [0.717, 1.165) is 15.6 Å². The Morgan fingerprint density at radius 1 is 1.09 bits per heavy atom. The molecule has 23 heavy (non-hydrogen) atoms. The molecule has 2 aromatic rings. The van der Waals surface area contributed by atoms with E-state index >= 15 is 0 Å². The van der Waals surface area contributed by atoms with Crippen molar-refractivity contribution in [3.63, 3.8) is 0 Å². The Hall–Kier alpha value is -1.59. The molecule has 1 heterocycles. The molecule has 5 heteroatoms. The average Bonchev–Trinajstić information content (AvgIpc) is 2.96. The van der Waals surface area contributed by atoms with Crippen LogP contribution in [0.15, 0.2) is 53.0 Å². The molecule has 0 aromatic heterocycles. The molecule has 0 aliphatic carbocycles. The van der Waals surface area contributed by atoms with Gasteiger partial charge in [0.15, 0.2) is 5.78 Å². The maximum absolute atomic E-state index is 12.4. The molecule has 1 aliphatic rings. The Kier molecular flexibility index (Phi) is 4.87. The van der Waals surface area contributed by atoms with E-state index in [9.17, 15) is 9.59 Å². The molecule has 3 nitrogen and oxygen atoms in total. The van der Waals surface area contributed by atoms with Crippen molar-refractivity contribution >= 4 is 39.4 Å². The fraction of sp³-hybridized carbons (Fsp3) is 0.222. The molecule has 0 spiro atoms. The summed E-state index contributed by atoms with van der Waals surface area (Å²) in [4.78, 5) is 23.9. The van der Waals surface area contributed by atoms with Crippen LogP contribution < -0.4 is 0 Å². The van der Waals surface area contributed by atoms with Gasteiger partial charge in [-0.25, -0.2) is 4.79 Å². The van der Waals surface area contributed by atoms with Gasteiger partial charge < -0.3 is 4.74 Å². The average molecular weight is 391 g/mol. The summed E-state index contributed by atoms with van der Waals surface area (Å²) in [5.41, 5.74) is 2.58. The van der Waals surface area contributed by atoms with Crippen molar-refractivity contribution in [2.45, 2.75) is 11.2 Å². The van der Waals surface area contributed by atoms with E-state index in [1.165, 1.54) is 7.11 Å². The second-order valence-electron chi connectivity index (χ2n) is 5.34. The summed E-state index contributed by atoms with van der Waals surface area (Å²) < 4.78 is 5.73. The first kappa shape index (κ1) is 16.3. The van der Waals surface area contributed by atoms with Crippen molar-refractivity contribution in [1.29, 1.82) is 0 Å². The number of esters is 1. The Labute approximate surface area is 147 Å². The molecule has 1 fully saturated rings. The number of thioether (sulfide) groups is 1. The molecule has 2 unspecified atom stereocenters. The zero-order chi connectivity index (χ0) is 16.4. The van der Waals surface area contributed by atoms with Gasteiger partial charge in [-0.15, -0.1) is 11.8 Å². The van der Waals surface area contributed by atoms with Gasteiger partial charge in [0.1, 0.15) is 0 Å². The molecule has 0 radical (unpaired) electrons. The number of methoxy groups -OCH3 is 1. The lowest BCUT2D eigenvalue weighted by Gasteiger charge is -2.18. The highest BCUT2D eigenvalue weighted by Gasteiger charge is 2.37. The number of carbonyl (C=O) groups excluding carboxylic acids is 2. The van der Waals surface area contributed by atoms with Crippen LogP contribution in [0, 0.1) is 0 Å². The molecule has 0 N–H and O–H groups in total. The molecular formula is C18H15BrO3S. The molecule has 3 rings (SSSR count). The second-order valence-corrected chi connectivity index (χ2v) is 7.39. The predicted octanol–water partition coefficient (Wildman–Crippen LogP) is 4.38. The van der Waals surface area contributed by atoms with Gasteiger partial charge in [0, 0.05) is 9.72 Å². The van der Waals surface area contributed by atoms with Crippen molar-refractivity contribution in [3.8, 4) is 0 Å². The van der Waals surface area contributed by atoms with E-state index in [1.807, 2.05) is 24.3 Å². The van der Waals surface area contributed by atoms with Gasteiger partial charge in [-0.3, -0.25) is 4.79 Å². The fourth-order valence-electron chi connectivity index (χ4n) is 2.77. The molecule has 2 aromatic carbocycles. The third-order valence-corrected chi connectivity index (χ3v) is 5.83. The van der Waals surface area contributed by atoms with E-state index in [-0.39, 0.29) is 22.9 Å². The van der Waals surface area contributed by atoms with Crippen molar-refractivity contribution in [2.24, 2.45) is 0 Å². The lowest BCUT2D eigenvalue weighted by molar-refractivity contribution is -0.117. The SMILES string of the molecule is COC(=O)c1ccc(C2C(=O)CSC2c2ccc(Br)cc2)cc1. The minimum absolute atomic E-state index is 0.111. The highest BCUT2D eigenvalue weighted by atomic mass is 79.9. The molecule has 0 saturated carbocycles. The first-order chi connectivity index (χ1) is 11.1. The van der Waals surface area contributed by atoms with Crippen molar-refractivity contribution in [1.82, 2.24) is 0 Å². The summed E-state index contributed by atoms with van der Waals surface area (Å²) in [7, 11) is 1.36. The number of Topliss-reactive ketones (excluding diaryl/α,β-unsaturated/α-hetero) is 1. The van der Waals surface area contributed by atoms with Crippen molar-refractivity contribution in [3.05, 3.63) is 69.7 Å². The minimum Gasteiger partial charge on any atom is -0.465 e. The largest absolute Gasteiger partial charge is 0.465 e. The van der Waals surface area contributed by atoms with Crippen LogP contribution in [0.3, 0.4) is 0 Å². The number of ketones is 1. The van der Waals surface area contributed by atoms with Crippen molar-refractivity contribution < 1.29 is 14.3 Å². The zero-order valence-corrected chi connectivity index (χ0v) is 14.9. The summed E-state index contributed by atoms with van der Waals surface area (Å²) >= 11 is 5.11. The Bertz CT molecular complexity index is 725.